The van der Waals surface area contributed by atoms with Gasteiger partial charge in [0.25, 0.3) is 5.91 Å². The molecule has 4 heteroatoms. The Balaban J connectivity index is 2.14. The Morgan fingerprint density at radius 3 is 2.60 bits per heavy atom. The molecule has 2 heterocycles. The van der Waals surface area contributed by atoms with Crippen molar-refractivity contribution in [2.75, 3.05) is 18.8 Å². The number of anilines is 1. The lowest BCUT2D eigenvalue weighted by Crippen LogP contribution is -2.37. The highest BCUT2D eigenvalue weighted by atomic mass is 16.2. The van der Waals surface area contributed by atoms with Crippen LogP contribution in [0.15, 0.2) is 23.9 Å². The molecular formula is C16H25N3O. The van der Waals surface area contributed by atoms with Crippen LogP contribution in [0.25, 0.3) is 0 Å². The predicted molar refractivity (Wildman–Crippen MR) is 82.6 cm³/mol. The standard InChI is InChI=1S/C16H25N3O/c1-5-18-11-13(17)10-14(18)15(20)19-8-6-12(7-9-19)16(2,3)4/h6,10-11H,5,7-9,17H2,1-4H3. The first kappa shape index (κ1) is 14.7. The van der Waals surface area contributed by atoms with E-state index in [0.717, 1.165) is 19.5 Å². The molecule has 1 aromatic heterocycles. The van der Waals surface area contributed by atoms with Gasteiger partial charge in [0.2, 0.25) is 0 Å². The van der Waals surface area contributed by atoms with Crippen molar-refractivity contribution >= 4 is 11.6 Å². The Bertz CT molecular complexity index is 534. The Labute approximate surface area is 121 Å². The molecule has 1 aromatic rings. The molecule has 0 bridgehead atoms. The normalized spacial score (nSPS) is 16.2. The highest BCUT2D eigenvalue weighted by molar-refractivity contribution is 5.94. The summed E-state index contributed by atoms with van der Waals surface area (Å²) >= 11 is 0. The van der Waals surface area contributed by atoms with Crippen molar-refractivity contribution in [1.82, 2.24) is 9.47 Å². The summed E-state index contributed by atoms with van der Waals surface area (Å²) in [4.78, 5) is 14.5. The van der Waals surface area contributed by atoms with Crippen molar-refractivity contribution in [1.29, 1.82) is 0 Å². The molecule has 0 saturated heterocycles. The molecule has 1 amide bonds. The van der Waals surface area contributed by atoms with Crippen LogP contribution in [0, 0.1) is 5.41 Å². The van der Waals surface area contributed by atoms with Gasteiger partial charge < -0.3 is 15.2 Å². The molecule has 0 saturated carbocycles. The van der Waals surface area contributed by atoms with Gasteiger partial charge in [0.05, 0.1) is 5.69 Å². The van der Waals surface area contributed by atoms with Crippen LogP contribution in [0.3, 0.4) is 0 Å². The van der Waals surface area contributed by atoms with E-state index in [0.29, 0.717) is 17.9 Å². The van der Waals surface area contributed by atoms with Crippen LogP contribution in [0.2, 0.25) is 0 Å². The quantitative estimate of drug-likeness (QED) is 0.844. The highest BCUT2D eigenvalue weighted by Gasteiger charge is 2.25. The number of amides is 1. The maximum Gasteiger partial charge on any atom is 0.270 e. The van der Waals surface area contributed by atoms with E-state index in [1.54, 1.807) is 6.07 Å². The number of hydrogen-bond acceptors (Lipinski definition) is 2. The van der Waals surface area contributed by atoms with Crippen LogP contribution in [0.4, 0.5) is 5.69 Å². The van der Waals surface area contributed by atoms with Crippen LogP contribution in [-0.2, 0) is 6.54 Å². The van der Waals surface area contributed by atoms with Crippen molar-refractivity contribution in [3.8, 4) is 0 Å². The fourth-order valence-electron chi connectivity index (χ4n) is 2.67. The number of aromatic nitrogens is 1. The zero-order valence-corrected chi connectivity index (χ0v) is 12.9. The molecule has 2 N–H and O–H groups in total. The molecule has 110 valence electrons. The topological polar surface area (TPSA) is 51.3 Å². The Morgan fingerprint density at radius 2 is 2.10 bits per heavy atom. The predicted octanol–water partition coefficient (Wildman–Crippen LogP) is 2.91. The maximum absolute atomic E-state index is 12.6. The number of nitrogen functional groups attached to an aromatic ring is 1. The summed E-state index contributed by atoms with van der Waals surface area (Å²) in [5.74, 6) is 0.0766. The summed E-state index contributed by atoms with van der Waals surface area (Å²) in [5, 5.41) is 0. The van der Waals surface area contributed by atoms with Gasteiger partial charge in [-0.2, -0.15) is 0 Å². The largest absolute Gasteiger partial charge is 0.397 e. The lowest BCUT2D eigenvalue weighted by molar-refractivity contribution is 0.0754. The first-order valence-corrected chi connectivity index (χ1v) is 7.27. The minimum Gasteiger partial charge on any atom is -0.397 e. The van der Waals surface area contributed by atoms with Crippen LogP contribution >= 0.6 is 0 Å². The monoisotopic (exact) mass is 275 g/mol. The number of rotatable bonds is 2. The molecule has 2 rings (SSSR count). The van der Waals surface area contributed by atoms with Crippen molar-refractivity contribution < 1.29 is 4.79 Å². The van der Waals surface area contributed by atoms with Gasteiger partial charge in [-0.3, -0.25) is 4.79 Å². The van der Waals surface area contributed by atoms with E-state index in [9.17, 15) is 4.79 Å². The summed E-state index contributed by atoms with van der Waals surface area (Å²) in [6.07, 6.45) is 4.98. The van der Waals surface area contributed by atoms with Gasteiger partial charge in [-0.25, -0.2) is 0 Å². The Morgan fingerprint density at radius 1 is 1.40 bits per heavy atom. The van der Waals surface area contributed by atoms with Crippen molar-refractivity contribution in [2.24, 2.45) is 5.41 Å². The summed E-state index contributed by atoms with van der Waals surface area (Å²) in [5.41, 5.74) is 8.78. The van der Waals surface area contributed by atoms with E-state index in [1.165, 1.54) is 5.57 Å². The van der Waals surface area contributed by atoms with Crippen LogP contribution < -0.4 is 5.73 Å². The Kier molecular flexibility index (Phi) is 3.93. The van der Waals surface area contributed by atoms with Gasteiger partial charge in [-0.15, -0.1) is 0 Å². The maximum atomic E-state index is 12.6. The summed E-state index contributed by atoms with van der Waals surface area (Å²) in [6.45, 7) is 10.9. The van der Waals surface area contributed by atoms with Gasteiger partial charge in [-0.05, 0) is 24.8 Å². The summed E-state index contributed by atoms with van der Waals surface area (Å²) in [6, 6.07) is 1.77. The van der Waals surface area contributed by atoms with Gasteiger partial charge >= 0.3 is 0 Å². The third-order valence-electron chi connectivity index (χ3n) is 3.94. The zero-order valence-electron chi connectivity index (χ0n) is 12.9. The third-order valence-corrected chi connectivity index (χ3v) is 3.94. The van der Waals surface area contributed by atoms with Crippen molar-refractivity contribution in [2.45, 2.75) is 40.7 Å². The van der Waals surface area contributed by atoms with Crippen molar-refractivity contribution in [3.63, 3.8) is 0 Å². The third kappa shape index (κ3) is 2.89. The lowest BCUT2D eigenvalue weighted by Gasteiger charge is -2.32. The fraction of sp³-hybridized carbons (Fsp3) is 0.562. The molecule has 4 nitrogen and oxygen atoms in total. The highest BCUT2D eigenvalue weighted by Crippen LogP contribution is 2.30. The minimum atomic E-state index is 0.0766. The minimum absolute atomic E-state index is 0.0766. The van der Waals surface area contributed by atoms with E-state index in [-0.39, 0.29) is 11.3 Å². The summed E-state index contributed by atoms with van der Waals surface area (Å²) in [7, 11) is 0. The first-order chi connectivity index (χ1) is 9.32. The molecule has 1 aliphatic rings. The Hall–Kier alpha value is -1.71. The average Bonchev–Trinajstić information content (AvgIpc) is 2.78. The number of aryl methyl sites for hydroxylation is 1. The molecule has 1 aliphatic heterocycles. The second-order valence-electron chi connectivity index (χ2n) is 6.43. The molecule has 0 radical (unpaired) electrons. The molecule has 20 heavy (non-hydrogen) atoms. The number of carbonyl (C=O) groups excluding carboxylic acids is 1. The fourth-order valence-corrected chi connectivity index (χ4v) is 2.67. The zero-order chi connectivity index (χ0) is 14.9. The molecule has 0 aliphatic carbocycles. The SMILES string of the molecule is CCn1cc(N)cc1C(=O)N1CC=C(C(C)(C)C)CC1. The number of hydrogen-bond donors (Lipinski definition) is 1. The summed E-state index contributed by atoms with van der Waals surface area (Å²) < 4.78 is 1.92. The molecule has 0 fully saturated rings. The van der Waals surface area contributed by atoms with Crippen LogP contribution in [0.1, 0.15) is 44.6 Å². The van der Waals surface area contributed by atoms with Crippen LogP contribution in [0.5, 0.6) is 0 Å². The van der Waals surface area contributed by atoms with Crippen molar-refractivity contribution in [3.05, 3.63) is 29.6 Å². The molecule has 0 spiro atoms. The second-order valence-corrected chi connectivity index (χ2v) is 6.43. The molecule has 0 aromatic carbocycles. The second kappa shape index (κ2) is 5.35. The van der Waals surface area contributed by atoms with E-state index in [4.69, 9.17) is 5.73 Å². The molecule has 0 atom stereocenters. The van der Waals surface area contributed by atoms with Gasteiger partial charge in [0.1, 0.15) is 5.69 Å². The smallest absolute Gasteiger partial charge is 0.270 e. The number of nitrogens with two attached hydrogens (primary N) is 1. The molecular weight excluding hydrogens is 250 g/mol. The van der Waals surface area contributed by atoms with Gasteiger partial charge in [0, 0.05) is 25.8 Å². The number of carbonyl (C=O) groups is 1. The van der Waals surface area contributed by atoms with Gasteiger partial charge in [-0.1, -0.05) is 32.4 Å². The van der Waals surface area contributed by atoms with Gasteiger partial charge in [0.15, 0.2) is 0 Å². The average molecular weight is 275 g/mol. The van der Waals surface area contributed by atoms with E-state index in [1.807, 2.05) is 22.6 Å². The lowest BCUT2D eigenvalue weighted by atomic mass is 9.83. The van der Waals surface area contributed by atoms with E-state index < -0.39 is 0 Å². The van der Waals surface area contributed by atoms with Crippen LogP contribution in [-0.4, -0.2) is 28.5 Å². The van der Waals surface area contributed by atoms with E-state index in [2.05, 4.69) is 26.8 Å². The number of nitrogens with zero attached hydrogens (tertiary/aromatic N) is 2. The van der Waals surface area contributed by atoms with E-state index >= 15 is 0 Å². The first-order valence-electron chi connectivity index (χ1n) is 7.27. The molecule has 0 unspecified atom stereocenters.